The van der Waals surface area contributed by atoms with Gasteiger partial charge >= 0.3 is 5.97 Å². The van der Waals surface area contributed by atoms with Crippen molar-refractivity contribution in [1.82, 2.24) is 19.4 Å². The Balaban J connectivity index is 1.42. The Hall–Kier alpha value is -4.64. The molecule has 2 saturated heterocycles. The van der Waals surface area contributed by atoms with Gasteiger partial charge in [-0.15, -0.1) is 0 Å². The average Bonchev–Trinajstić information content (AvgIpc) is 3.34. The molecule has 4 aromatic rings. The summed E-state index contributed by atoms with van der Waals surface area (Å²) in [6.45, 7) is 8.73. The Labute approximate surface area is 262 Å². The third kappa shape index (κ3) is 6.04. The minimum atomic E-state index is -0.815. The number of aliphatic carboxylic acids is 1. The van der Waals surface area contributed by atoms with Crippen LogP contribution in [0.15, 0.2) is 42.5 Å². The van der Waals surface area contributed by atoms with Crippen LogP contribution in [0, 0.1) is 24.7 Å². The van der Waals surface area contributed by atoms with E-state index in [2.05, 4.69) is 9.47 Å². The average molecular weight is 612 g/mol. The number of carbonyl (C=O) groups is 1. The van der Waals surface area contributed by atoms with Crippen molar-refractivity contribution in [2.75, 3.05) is 32.7 Å². The van der Waals surface area contributed by atoms with Gasteiger partial charge in [0.05, 0.1) is 29.1 Å². The number of fused-ring (bicyclic) bond motifs is 2. The summed E-state index contributed by atoms with van der Waals surface area (Å²) in [7, 11) is 0. The maximum atomic E-state index is 11.2. The lowest BCUT2D eigenvalue weighted by Gasteiger charge is -2.34. The van der Waals surface area contributed by atoms with Gasteiger partial charge in [0, 0.05) is 61.6 Å². The maximum Gasteiger partial charge on any atom is 0.317 e. The topological polar surface area (TPSA) is 154 Å². The molecule has 0 bridgehead atoms. The Bertz CT molecular complexity index is 1780. The summed E-state index contributed by atoms with van der Waals surface area (Å²) in [4.78, 5) is 20.3. The molecule has 236 valence electrons. The van der Waals surface area contributed by atoms with Gasteiger partial charge in [-0.05, 0) is 51.1 Å². The molecule has 5 N–H and O–H groups in total. The number of benzene rings is 3. The Kier molecular flexibility index (Phi) is 8.37. The predicted octanol–water partition coefficient (Wildman–Crippen LogP) is 4.85. The number of imidazole rings is 1. The molecule has 0 radical (unpaired) electrons. The number of aromatic nitrogens is 2. The van der Waals surface area contributed by atoms with Crippen LogP contribution in [0.25, 0.3) is 27.5 Å². The Morgan fingerprint density at radius 3 is 2.27 bits per heavy atom. The van der Waals surface area contributed by atoms with Gasteiger partial charge in [-0.25, -0.2) is 4.98 Å². The van der Waals surface area contributed by atoms with Crippen LogP contribution >= 0.6 is 0 Å². The molecule has 11 nitrogen and oxygen atoms in total. The number of nitrogens with one attached hydrogen (secondary N) is 2. The minimum Gasteiger partial charge on any atom is -0.486 e. The number of rotatable bonds is 8. The van der Waals surface area contributed by atoms with Crippen LogP contribution < -0.4 is 15.2 Å². The second kappa shape index (κ2) is 12.4. The number of carboxylic acid groups (broad SMARTS) is 1. The summed E-state index contributed by atoms with van der Waals surface area (Å²) in [6.07, 6.45) is 2.96. The van der Waals surface area contributed by atoms with Crippen LogP contribution in [0.4, 0.5) is 0 Å². The Morgan fingerprint density at radius 1 is 0.978 bits per heavy atom. The molecule has 0 spiro atoms. The number of aryl methyl sites for hydroxylation is 2. The van der Waals surface area contributed by atoms with Crippen LogP contribution in [-0.2, 0) is 4.79 Å². The molecule has 1 aromatic heterocycles. The van der Waals surface area contributed by atoms with Crippen molar-refractivity contribution < 1.29 is 19.4 Å². The molecule has 11 heteroatoms. The van der Waals surface area contributed by atoms with E-state index in [1.807, 2.05) is 68.1 Å². The second-order valence-corrected chi connectivity index (χ2v) is 12.2. The molecule has 3 heterocycles. The molecule has 0 aliphatic carbocycles. The van der Waals surface area contributed by atoms with Gasteiger partial charge < -0.3 is 25.2 Å². The zero-order valence-corrected chi connectivity index (χ0v) is 26.1. The van der Waals surface area contributed by atoms with Crippen molar-refractivity contribution in [1.29, 1.82) is 10.8 Å². The molecule has 45 heavy (non-hydrogen) atoms. The van der Waals surface area contributed by atoms with E-state index in [1.165, 1.54) is 0 Å². The highest BCUT2D eigenvalue weighted by Crippen LogP contribution is 2.41. The molecule has 2 fully saturated rings. The lowest BCUT2D eigenvalue weighted by Crippen LogP contribution is -2.41. The van der Waals surface area contributed by atoms with Crippen LogP contribution in [0.3, 0.4) is 0 Å². The molecule has 0 saturated carbocycles. The fourth-order valence-electron chi connectivity index (χ4n) is 6.72. The van der Waals surface area contributed by atoms with Crippen LogP contribution in [0.2, 0.25) is 0 Å². The molecule has 0 unspecified atom stereocenters. The van der Waals surface area contributed by atoms with Crippen molar-refractivity contribution in [2.45, 2.75) is 58.7 Å². The van der Waals surface area contributed by atoms with Crippen LogP contribution in [0.5, 0.6) is 11.5 Å². The fraction of sp³-hybridized carbons (Fsp3) is 0.412. The minimum absolute atomic E-state index is 0.0228. The summed E-state index contributed by atoms with van der Waals surface area (Å²) in [5.74, 6) is 1.96. The number of hydrogen-bond acceptors (Lipinski definition) is 7. The van der Waals surface area contributed by atoms with E-state index in [1.54, 1.807) is 0 Å². The number of hydrogen-bond donors (Lipinski definition) is 4. The zero-order chi connectivity index (χ0) is 31.8. The zero-order valence-electron chi connectivity index (χ0n) is 26.1. The number of nitrogens with zero attached hydrogens (tertiary/aromatic N) is 4. The van der Waals surface area contributed by atoms with E-state index < -0.39 is 5.97 Å². The highest BCUT2D eigenvalue weighted by Gasteiger charge is 2.28. The number of likely N-dealkylation sites (tertiary alicyclic amines) is 2. The SMILES string of the molecule is CC(=N)N1CCC(Oc2cc3c(nc(C)n3-c3ccc(C(=N)N)c4ccccc34)c(C)c2OC2CCN(CC(=O)O)CC2)CC1. The molecule has 0 amide bonds. The van der Waals surface area contributed by atoms with Gasteiger partial charge in [-0.3, -0.25) is 25.1 Å². The largest absolute Gasteiger partial charge is 0.486 e. The normalized spacial score (nSPS) is 16.7. The molecule has 2 aliphatic heterocycles. The quantitative estimate of drug-likeness (QED) is 0.163. The molecule has 3 aromatic carbocycles. The highest BCUT2D eigenvalue weighted by atomic mass is 16.5. The van der Waals surface area contributed by atoms with E-state index in [-0.39, 0.29) is 24.6 Å². The third-order valence-electron chi connectivity index (χ3n) is 9.09. The van der Waals surface area contributed by atoms with Crippen LogP contribution in [0.1, 0.15) is 49.6 Å². The first-order chi connectivity index (χ1) is 21.6. The maximum absolute atomic E-state index is 11.2. The predicted molar refractivity (Wildman–Crippen MR) is 175 cm³/mol. The van der Waals surface area contributed by atoms with Crippen LogP contribution in [-0.4, -0.2) is 87.0 Å². The lowest BCUT2D eigenvalue weighted by molar-refractivity contribution is -0.138. The van der Waals surface area contributed by atoms with E-state index in [0.717, 1.165) is 77.7 Å². The van der Waals surface area contributed by atoms with Crippen molar-refractivity contribution in [3.8, 4) is 17.2 Å². The molecule has 0 atom stereocenters. The first kappa shape index (κ1) is 30.4. The number of amidine groups is 2. The van der Waals surface area contributed by atoms with Gasteiger partial charge in [0.25, 0.3) is 0 Å². The van der Waals surface area contributed by atoms with Crippen molar-refractivity contribution in [3.63, 3.8) is 0 Å². The molecule has 6 rings (SSSR count). The monoisotopic (exact) mass is 611 g/mol. The number of nitrogens with two attached hydrogens (primary N) is 1. The Morgan fingerprint density at radius 2 is 1.62 bits per heavy atom. The molecular formula is C34H41N7O4. The van der Waals surface area contributed by atoms with Gasteiger partial charge in [-0.1, -0.05) is 24.3 Å². The second-order valence-electron chi connectivity index (χ2n) is 12.2. The standard InChI is InChI=1S/C34H41N7O4/c1-20-32-29(41(22(3)38-32)28-9-8-27(34(36)37)25-6-4-5-7-26(25)28)18-30(44-23-12-16-40(17-13-23)21(2)35)33(20)45-24-10-14-39(15-11-24)19-31(42)43/h4-9,18,23-24,35H,10-17,19H2,1-3H3,(H3,36,37)(H,42,43). The number of ether oxygens (including phenoxy) is 2. The van der Waals surface area contributed by atoms with E-state index in [4.69, 9.17) is 31.0 Å². The van der Waals surface area contributed by atoms with Crippen molar-refractivity contribution in [3.05, 3.63) is 59.4 Å². The van der Waals surface area contributed by atoms with Crippen molar-refractivity contribution >= 4 is 39.4 Å². The lowest BCUT2D eigenvalue weighted by atomic mass is 10.0. The van der Waals surface area contributed by atoms with Gasteiger partial charge in [0.2, 0.25) is 0 Å². The van der Waals surface area contributed by atoms with E-state index in [0.29, 0.717) is 36.0 Å². The fourth-order valence-corrected chi connectivity index (χ4v) is 6.72. The van der Waals surface area contributed by atoms with Crippen molar-refractivity contribution in [2.24, 2.45) is 5.73 Å². The highest BCUT2D eigenvalue weighted by molar-refractivity contribution is 6.10. The first-order valence-electron chi connectivity index (χ1n) is 15.6. The number of piperidine rings is 2. The van der Waals surface area contributed by atoms with Gasteiger partial charge in [-0.2, -0.15) is 0 Å². The van der Waals surface area contributed by atoms with Gasteiger partial charge in [0.15, 0.2) is 11.5 Å². The summed E-state index contributed by atoms with van der Waals surface area (Å²) < 4.78 is 15.6. The summed E-state index contributed by atoms with van der Waals surface area (Å²) in [5.41, 5.74) is 10.2. The smallest absolute Gasteiger partial charge is 0.317 e. The molecule has 2 aliphatic rings. The summed E-state index contributed by atoms with van der Waals surface area (Å²) in [5, 5.41) is 27.2. The molecular weight excluding hydrogens is 570 g/mol. The van der Waals surface area contributed by atoms with Gasteiger partial charge in [0.1, 0.15) is 23.9 Å². The number of nitrogen functional groups attached to an aromatic ring is 1. The van der Waals surface area contributed by atoms with E-state index >= 15 is 0 Å². The number of carboxylic acids is 1. The van der Waals surface area contributed by atoms with E-state index in [9.17, 15) is 9.90 Å². The summed E-state index contributed by atoms with van der Waals surface area (Å²) in [6, 6.07) is 13.9. The third-order valence-corrected chi connectivity index (χ3v) is 9.09. The first-order valence-corrected chi connectivity index (χ1v) is 15.6. The summed E-state index contributed by atoms with van der Waals surface area (Å²) >= 11 is 0.